The van der Waals surface area contributed by atoms with Gasteiger partial charge >= 0.3 is 0 Å². The van der Waals surface area contributed by atoms with E-state index in [9.17, 15) is 4.79 Å². The maximum atomic E-state index is 12.1. The van der Waals surface area contributed by atoms with Crippen LogP contribution in [0.1, 0.15) is 11.1 Å². The topological polar surface area (TPSA) is 34.4 Å². The number of pyridine rings is 1. The summed E-state index contributed by atoms with van der Waals surface area (Å²) in [6, 6.07) is 13.4. The van der Waals surface area contributed by atoms with Gasteiger partial charge in [0, 0.05) is 17.8 Å². The number of aryl methyl sites for hydroxylation is 2. The summed E-state index contributed by atoms with van der Waals surface area (Å²) >= 11 is 0. The van der Waals surface area contributed by atoms with Crippen molar-refractivity contribution in [1.29, 1.82) is 0 Å². The van der Waals surface area contributed by atoms with Gasteiger partial charge in [0.1, 0.15) is 5.65 Å². The molecule has 0 saturated heterocycles. The predicted molar refractivity (Wildman–Crippen MR) is 76.4 cm³/mol. The van der Waals surface area contributed by atoms with Gasteiger partial charge in [-0.2, -0.15) is 0 Å². The Morgan fingerprint density at radius 3 is 2.37 bits per heavy atom. The van der Waals surface area contributed by atoms with Gasteiger partial charge in [0.2, 0.25) is 0 Å². The lowest BCUT2D eigenvalue weighted by atomic mass is 10.1. The standard InChI is InChI=1S/C16H14N2O/c1-11-3-6-13(7-4-11)14-9-16(19)18-10-12(2)5-8-15(18)17-14/h3-10H,1-2H3. The zero-order valence-corrected chi connectivity index (χ0v) is 10.9. The highest BCUT2D eigenvalue weighted by molar-refractivity contribution is 5.61. The van der Waals surface area contributed by atoms with Crippen molar-refractivity contribution >= 4 is 5.65 Å². The molecule has 0 N–H and O–H groups in total. The molecule has 0 saturated carbocycles. The SMILES string of the molecule is Cc1ccc(-c2cc(=O)n3cc(C)ccc3n2)cc1. The lowest BCUT2D eigenvalue weighted by molar-refractivity contribution is 1.03. The van der Waals surface area contributed by atoms with Crippen molar-refractivity contribution in [3.05, 3.63) is 70.1 Å². The van der Waals surface area contributed by atoms with Crippen molar-refractivity contribution in [2.45, 2.75) is 13.8 Å². The van der Waals surface area contributed by atoms with Crippen LogP contribution in [0.3, 0.4) is 0 Å². The van der Waals surface area contributed by atoms with E-state index in [0.717, 1.165) is 11.1 Å². The molecule has 2 aromatic heterocycles. The van der Waals surface area contributed by atoms with E-state index in [1.54, 1.807) is 10.5 Å². The van der Waals surface area contributed by atoms with Gasteiger partial charge in [0.25, 0.3) is 5.56 Å². The number of nitrogens with zero attached hydrogens (tertiary/aromatic N) is 2. The van der Waals surface area contributed by atoms with Crippen LogP contribution in [-0.2, 0) is 0 Å². The molecule has 3 heteroatoms. The van der Waals surface area contributed by atoms with Crippen molar-refractivity contribution in [1.82, 2.24) is 9.38 Å². The lowest BCUT2D eigenvalue weighted by Crippen LogP contribution is -2.14. The molecule has 0 atom stereocenters. The smallest absolute Gasteiger partial charge is 0.258 e. The first-order valence-electron chi connectivity index (χ1n) is 6.20. The molecule has 3 rings (SSSR count). The van der Waals surface area contributed by atoms with Gasteiger partial charge < -0.3 is 0 Å². The van der Waals surface area contributed by atoms with Gasteiger partial charge in [-0.15, -0.1) is 0 Å². The summed E-state index contributed by atoms with van der Waals surface area (Å²) in [5, 5.41) is 0. The summed E-state index contributed by atoms with van der Waals surface area (Å²) in [7, 11) is 0. The minimum Gasteiger partial charge on any atom is -0.269 e. The molecule has 0 unspecified atom stereocenters. The highest BCUT2D eigenvalue weighted by atomic mass is 16.1. The van der Waals surface area contributed by atoms with E-state index in [1.807, 2.05) is 56.4 Å². The minimum absolute atomic E-state index is 0.0516. The lowest BCUT2D eigenvalue weighted by Gasteiger charge is -2.05. The summed E-state index contributed by atoms with van der Waals surface area (Å²) in [6.45, 7) is 4.00. The molecule has 3 aromatic rings. The van der Waals surface area contributed by atoms with E-state index in [2.05, 4.69) is 4.98 Å². The van der Waals surface area contributed by atoms with Gasteiger partial charge in [0.15, 0.2) is 0 Å². The monoisotopic (exact) mass is 250 g/mol. The van der Waals surface area contributed by atoms with Crippen molar-refractivity contribution < 1.29 is 0 Å². The summed E-state index contributed by atoms with van der Waals surface area (Å²) in [5.74, 6) is 0. The van der Waals surface area contributed by atoms with Crippen LogP contribution in [0, 0.1) is 13.8 Å². The Hall–Kier alpha value is -2.42. The van der Waals surface area contributed by atoms with Crippen LogP contribution in [0.5, 0.6) is 0 Å². The predicted octanol–water partition coefficient (Wildman–Crippen LogP) is 2.98. The Morgan fingerprint density at radius 2 is 1.63 bits per heavy atom. The molecular weight excluding hydrogens is 236 g/mol. The number of aromatic nitrogens is 2. The van der Waals surface area contributed by atoms with Gasteiger partial charge in [-0.05, 0) is 25.5 Å². The number of hydrogen-bond donors (Lipinski definition) is 0. The van der Waals surface area contributed by atoms with Crippen molar-refractivity contribution in [2.24, 2.45) is 0 Å². The molecule has 0 aliphatic heterocycles. The number of fused-ring (bicyclic) bond motifs is 1. The van der Waals surface area contributed by atoms with Gasteiger partial charge in [-0.25, -0.2) is 4.98 Å². The van der Waals surface area contributed by atoms with E-state index in [-0.39, 0.29) is 5.56 Å². The Kier molecular flexibility index (Phi) is 2.67. The summed E-state index contributed by atoms with van der Waals surface area (Å²) < 4.78 is 1.58. The number of hydrogen-bond acceptors (Lipinski definition) is 2. The van der Waals surface area contributed by atoms with E-state index < -0.39 is 0 Å². The molecule has 0 spiro atoms. The third-order valence-electron chi connectivity index (χ3n) is 3.15. The second kappa shape index (κ2) is 4.35. The average Bonchev–Trinajstić information content (AvgIpc) is 2.40. The van der Waals surface area contributed by atoms with Crippen LogP contribution in [0.15, 0.2) is 53.5 Å². The fraction of sp³-hybridized carbons (Fsp3) is 0.125. The molecule has 19 heavy (non-hydrogen) atoms. The zero-order chi connectivity index (χ0) is 13.4. The third kappa shape index (κ3) is 2.15. The summed E-state index contributed by atoms with van der Waals surface area (Å²) in [6.07, 6.45) is 1.81. The molecule has 3 nitrogen and oxygen atoms in total. The minimum atomic E-state index is -0.0516. The van der Waals surface area contributed by atoms with Crippen LogP contribution in [-0.4, -0.2) is 9.38 Å². The third-order valence-corrected chi connectivity index (χ3v) is 3.15. The Labute approximate surface area is 111 Å². The van der Waals surface area contributed by atoms with E-state index >= 15 is 0 Å². The molecule has 0 aliphatic carbocycles. The van der Waals surface area contributed by atoms with Crippen LogP contribution in [0.2, 0.25) is 0 Å². The molecule has 94 valence electrons. The van der Waals surface area contributed by atoms with Gasteiger partial charge in [0.05, 0.1) is 5.69 Å². The average molecular weight is 250 g/mol. The first-order chi connectivity index (χ1) is 9.13. The van der Waals surface area contributed by atoms with Crippen LogP contribution >= 0.6 is 0 Å². The first kappa shape index (κ1) is 11.7. The molecule has 0 amide bonds. The van der Waals surface area contributed by atoms with Gasteiger partial charge in [-0.1, -0.05) is 35.9 Å². The van der Waals surface area contributed by atoms with Crippen molar-refractivity contribution in [3.8, 4) is 11.3 Å². The molecule has 0 radical (unpaired) electrons. The van der Waals surface area contributed by atoms with E-state index in [4.69, 9.17) is 0 Å². The van der Waals surface area contributed by atoms with Crippen molar-refractivity contribution in [2.75, 3.05) is 0 Å². The zero-order valence-electron chi connectivity index (χ0n) is 10.9. The Morgan fingerprint density at radius 1 is 0.947 bits per heavy atom. The van der Waals surface area contributed by atoms with E-state index in [0.29, 0.717) is 11.3 Å². The fourth-order valence-corrected chi connectivity index (χ4v) is 2.08. The van der Waals surface area contributed by atoms with Crippen LogP contribution < -0.4 is 5.56 Å². The first-order valence-corrected chi connectivity index (χ1v) is 6.20. The Balaban J connectivity index is 2.24. The molecular formula is C16H14N2O. The normalized spacial score (nSPS) is 10.8. The highest BCUT2D eigenvalue weighted by Crippen LogP contribution is 2.16. The van der Waals surface area contributed by atoms with Crippen molar-refractivity contribution in [3.63, 3.8) is 0 Å². The second-order valence-electron chi connectivity index (χ2n) is 4.78. The molecule has 2 heterocycles. The molecule has 0 aliphatic rings. The summed E-state index contributed by atoms with van der Waals surface area (Å²) in [4.78, 5) is 16.7. The molecule has 0 fully saturated rings. The molecule has 1 aromatic carbocycles. The fourth-order valence-electron chi connectivity index (χ4n) is 2.08. The maximum absolute atomic E-state index is 12.1. The number of rotatable bonds is 1. The van der Waals surface area contributed by atoms with E-state index in [1.165, 1.54) is 5.56 Å². The van der Waals surface area contributed by atoms with Gasteiger partial charge in [-0.3, -0.25) is 9.20 Å². The van der Waals surface area contributed by atoms with Crippen LogP contribution in [0.25, 0.3) is 16.9 Å². The second-order valence-corrected chi connectivity index (χ2v) is 4.78. The maximum Gasteiger partial charge on any atom is 0.258 e. The quantitative estimate of drug-likeness (QED) is 0.665. The van der Waals surface area contributed by atoms with Crippen LogP contribution in [0.4, 0.5) is 0 Å². The number of benzene rings is 1. The molecule has 0 bridgehead atoms. The summed E-state index contributed by atoms with van der Waals surface area (Å²) in [5.41, 5.74) is 4.54. The Bertz CT molecular complexity index is 801. The largest absolute Gasteiger partial charge is 0.269 e. The highest BCUT2D eigenvalue weighted by Gasteiger charge is 2.04.